The average molecular weight is 241 g/mol. The Balaban J connectivity index is 2.14. The summed E-state index contributed by atoms with van der Waals surface area (Å²) in [7, 11) is 0. The van der Waals surface area contributed by atoms with Crippen molar-refractivity contribution in [2.24, 2.45) is 17.1 Å². The van der Waals surface area contributed by atoms with Gasteiger partial charge in [0.15, 0.2) is 0 Å². The second-order valence-electron chi connectivity index (χ2n) is 5.74. The molecule has 98 valence electrons. The summed E-state index contributed by atoms with van der Waals surface area (Å²) in [5.74, 6) is 0.261. The Hall–Kier alpha value is -1.10. The van der Waals surface area contributed by atoms with Gasteiger partial charge in [-0.3, -0.25) is 9.59 Å². The third-order valence-electron chi connectivity index (χ3n) is 2.85. The maximum absolute atomic E-state index is 11.5. The van der Waals surface area contributed by atoms with Crippen LogP contribution in [0.2, 0.25) is 0 Å². The smallest absolute Gasteiger partial charge is 0.239 e. The maximum atomic E-state index is 11.5. The first-order chi connectivity index (χ1) is 7.80. The van der Waals surface area contributed by atoms with Crippen molar-refractivity contribution in [2.75, 3.05) is 13.1 Å². The number of rotatable bonds is 5. The van der Waals surface area contributed by atoms with E-state index in [-0.39, 0.29) is 24.4 Å². The van der Waals surface area contributed by atoms with Crippen molar-refractivity contribution < 1.29 is 9.59 Å². The van der Waals surface area contributed by atoms with Gasteiger partial charge in [0.1, 0.15) is 0 Å². The summed E-state index contributed by atoms with van der Waals surface area (Å²) in [6, 6.07) is 0.0530. The van der Waals surface area contributed by atoms with Gasteiger partial charge in [-0.05, 0) is 18.8 Å². The van der Waals surface area contributed by atoms with Crippen molar-refractivity contribution in [1.29, 1.82) is 0 Å². The van der Waals surface area contributed by atoms with E-state index in [2.05, 4.69) is 10.6 Å². The molecule has 5 heteroatoms. The number of amides is 2. The van der Waals surface area contributed by atoms with Gasteiger partial charge in [0.25, 0.3) is 0 Å². The molecule has 0 heterocycles. The summed E-state index contributed by atoms with van der Waals surface area (Å²) >= 11 is 0. The van der Waals surface area contributed by atoms with Gasteiger partial charge in [-0.15, -0.1) is 0 Å². The van der Waals surface area contributed by atoms with Crippen LogP contribution < -0.4 is 16.4 Å². The van der Waals surface area contributed by atoms with E-state index in [9.17, 15) is 9.59 Å². The van der Waals surface area contributed by atoms with Crippen LogP contribution in [-0.4, -0.2) is 30.9 Å². The fourth-order valence-corrected chi connectivity index (χ4v) is 1.41. The summed E-state index contributed by atoms with van der Waals surface area (Å²) in [5.41, 5.74) is 5.38. The Morgan fingerprint density at radius 3 is 2.35 bits per heavy atom. The number of carbonyl (C=O) groups is 2. The minimum atomic E-state index is -0.468. The number of nitrogens with one attached hydrogen (secondary N) is 2. The lowest BCUT2D eigenvalue weighted by Gasteiger charge is -2.17. The van der Waals surface area contributed by atoms with Crippen LogP contribution in [0.15, 0.2) is 0 Å². The monoisotopic (exact) mass is 241 g/mol. The Kier molecular flexibility index (Phi) is 4.51. The average Bonchev–Trinajstić information content (AvgIpc) is 3.04. The highest BCUT2D eigenvalue weighted by atomic mass is 16.2. The van der Waals surface area contributed by atoms with Gasteiger partial charge in [-0.1, -0.05) is 20.8 Å². The quantitative estimate of drug-likeness (QED) is 0.633. The fourth-order valence-electron chi connectivity index (χ4n) is 1.41. The van der Waals surface area contributed by atoms with Gasteiger partial charge in [-0.2, -0.15) is 0 Å². The topological polar surface area (TPSA) is 84.2 Å². The van der Waals surface area contributed by atoms with Crippen molar-refractivity contribution in [3.8, 4) is 0 Å². The standard InChI is InChI=1S/C12H23N3O2/c1-12(2,3)11(17)15-7-10(16)14-6-9(13)8-4-5-8/h8-9H,4-7,13H2,1-3H3,(H,14,16)(H,15,17). The normalized spacial score (nSPS) is 17.4. The zero-order valence-electron chi connectivity index (χ0n) is 10.9. The SMILES string of the molecule is CC(C)(C)C(=O)NCC(=O)NCC(N)C1CC1. The first kappa shape index (κ1) is 14.0. The van der Waals surface area contributed by atoms with Crippen LogP contribution in [0, 0.1) is 11.3 Å². The third kappa shape index (κ3) is 5.17. The molecule has 0 aromatic carbocycles. The molecule has 0 aliphatic heterocycles. The zero-order valence-corrected chi connectivity index (χ0v) is 10.9. The predicted octanol–water partition coefficient (Wildman–Crippen LogP) is 0.00220. The van der Waals surface area contributed by atoms with E-state index in [0.29, 0.717) is 12.5 Å². The Labute approximate surface area is 103 Å². The van der Waals surface area contributed by atoms with E-state index in [4.69, 9.17) is 5.73 Å². The van der Waals surface area contributed by atoms with Crippen LogP contribution in [0.4, 0.5) is 0 Å². The molecule has 0 bridgehead atoms. The molecule has 1 fully saturated rings. The maximum Gasteiger partial charge on any atom is 0.239 e. The summed E-state index contributed by atoms with van der Waals surface area (Å²) in [6.45, 7) is 5.94. The van der Waals surface area contributed by atoms with Crippen molar-refractivity contribution in [2.45, 2.75) is 39.7 Å². The summed E-state index contributed by atoms with van der Waals surface area (Å²) < 4.78 is 0. The summed E-state index contributed by atoms with van der Waals surface area (Å²) in [6.07, 6.45) is 2.33. The van der Waals surface area contributed by atoms with Crippen LogP contribution >= 0.6 is 0 Å². The van der Waals surface area contributed by atoms with Gasteiger partial charge in [0, 0.05) is 18.0 Å². The molecule has 0 spiro atoms. The molecule has 0 radical (unpaired) electrons. The number of hydrogen-bond donors (Lipinski definition) is 3. The van der Waals surface area contributed by atoms with Gasteiger partial charge < -0.3 is 16.4 Å². The molecule has 1 saturated carbocycles. The first-order valence-corrected chi connectivity index (χ1v) is 6.11. The Morgan fingerprint density at radius 2 is 1.88 bits per heavy atom. The van der Waals surface area contributed by atoms with Crippen molar-refractivity contribution >= 4 is 11.8 Å². The van der Waals surface area contributed by atoms with Crippen LogP contribution in [0.3, 0.4) is 0 Å². The van der Waals surface area contributed by atoms with Gasteiger partial charge >= 0.3 is 0 Å². The first-order valence-electron chi connectivity index (χ1n) is 6.11. The molecule has 1 aliphatic carbocycles. The lowest BCUT2D eigenvalue weighted by atomic mass is 9.96. The van der Waals surface area contributed by atoms with Gasteiger partial charge in [0.2, 0.25) is 11.8 Å². The van der Waals surface area contributed by atoms with Crippen LogP contribution in [0.5, 0.6) is 0 Å². The van der Waals surface area contributed by atoms with E-state index in [1.807, 2.05) is 20.8 Å². The largest absolute Gasteiger partial charge is 0.353 e. The summed E-state index contributed by atoms with van der Waals surface area (Å²) in [5, 5.41) is 5.33. The van der Waals surface area contributed by atoms with Crippen molar-refractivity contribution in [3.63, 3.8) is 0 Å². The molecule has 0 aromatic rings. The lowest BCUT2D eigenvalue weighted by Crippen LogP contribution is -2.45. The van der Waals surface area contributed by atoms with Gasteiger partial charge in [0.05, 0.1) is 6.54 Å². The Morgan fingerprint density at radius 1 is 1.29 bits per heavy atom. The van der Waals surface area contributed by atoms with E-state index in [1.165, 1.54) is 0 Å². The number of carbonyl (C=O) groups excluding carboxylic acids is 2. The number of nitrogens with two attached hydrogens (primary N) is 1. The summed E-state index contributed by atoms with van der Waals surface area (Å²) in [4.78, 5) is 23.0. The molecule has 1 aliphatic rings. The minimum absolute atomic E-state index is 0.0213. The molecule has 1 rings (SSSR count). The highest BCUT2D eigenvalue weighted by Gasteiger charge is 2.28. The fraction of sp³-hybridized carbons (Fsp3) is 0.833. The van der Waals surface area contributed by atoms with Crippen molar-refractivity contribution in [1.82, 2.24) is 10.6 Å². The molecule has 4 N–H and O–H groups in total. The molecular weight excluding hydrogens is 218 g/mol. The van der Waals surface area contributed by atoms with Crippen LogP contribution in [0.25, 0.3) is 0 Å². The minimum Gasteiger partial charge on any atom is -0.353 e. The molecule has 5 nitrogen and oxygen atoms in total. The van der Waals surface area contributed by atoms with E-state index in [0.717, 1.165) is 12.8 Å². The molecule has 0 saturated heterocycles. The van der Waals surface area contributed by atoms with Crippen molar-refractivity contribution in [3.05, 3.63) is 0 Å². The molecular formula is C12H23N3O2. The second kappa shape index (κ2) is 5.49. The van der Waals surface area contributed by atoms with E-state index in [1.54, 1.807) is 0 Å². The zero-order chi connectivity index (χ0) is 13.1. The molecule has 1 unspecified atom stereocenters. The predicted molar refractivity (Wildman–Crippen MR) is 66.2 cm³/mol. The third-order valence-corrected chi connectivity index (χ3v) is 2.85. The van der Waals surface area contributed by atoms with Crippen LogP contribution in [-0.2, 0) is 9.59 Å². The highest BCUT2D eigenvalue weighted by molar-refractivity contribution is 5.87. The highest BCUT2D eigenvalue weighted by Crippen LogP contribution is 2.31. The number of hydrogen-bond acceptors (Lipinski definition) is 3. The molecule has 1 atom stereocenters. The van der Waals surface area contributed by atoms with E-state index < -0.39 is 5.41 Å². The molecule has 17 heavy (non-hydrogen) atoms. The van der Waals surface area contributed by atoms with Crippen LogP contribution in [0.1, 0.15) is 33.6 Å². The van der Waals surface area contributed by atoms with Gasteiger partial charge in [-0.25, -0.2) is 0 Å². The van der Waals surface area contributed by atoms with E-state index >= 15 is 0 Å². The molecule has 0 aromatic heterocycles. The molecule has 2 amide bonds. The Bertz CT molecular complexity index is 293. The second-order valence-corrected chi connectivity index (χ2v) is 5.74. The lowest BCUT2D eigenvalue weighted by molar-refractivity contribution is -0.131.